The number of hydrogen-bond donors (Lipinski definition) is 1. The fraction of sp³-hybridized carbons (Fsp3) is 0.913. The molecule has 25 heavy (non-hydrogen) atoms. The van der Waals surface area contributed by atoms with Crippen molar-refractivity contribution in [1.29, 1.82) is 0 Å². The van der Waals surface area contributed by atoms with Gasteiger partial charge in [0.05, 0.1) is 0 Å². The molecule has 0 aromatic heterocycles. The summed E-state index contributed by atoms with van der Waals surface area (Å²) in [6.07, 6.45) is 10.8. The van der Waals surface area contributed by atoms with E-state index in [1.807, 2.05) is 0 Å². The first kappa shape index (κ1) is 17.5. The molecule has 0 aromatic rings. The number of aliphatic hydroxyl groups is 1. The second-order valence-electron chi connectivity index (χ2n) is 10.9. The Kier molecular flexibility index (Phi) is 4.01. The zero-order valence-electron chi connectivity index (χ0n) is 16.3. The van der Waals surface area contributed by atoms with E-state index in [1.165, 1.54) is 37.7 Å². The maximum atomic E-state index is 10.6. The molecule has 0 aromatic carbocycles. The maximum absolute atomic E-state index is 10.6. The van der Waals surface area contributed by atoms with Crippen LogP contribution in [-0.2, 0) is 0 Å². The van der Waals surface area contributed by atoms with Crippen molar-refractivity contribution >= 4 is 0 Å². The Hall–Kier alpha value is 0.430. The van der Waals surface area contributed by atoms with Crippen LogP contribution < -0.4 is 21.2 Å². The minimum atomic E-state index is -0.376. The average molecular weight is 455 g/mol. The van der Waals surface area contributed by atoms with E-state index in [9.17, 15) is 5.11 Å². The Balaban J connectivity index is 1.42. The van der Waals surface area contributed by atoms with Gasteiger partial charge in [-0.2, -0.15) is 0 Å². The van der Waals surface area contributed by atoms with Crippen molar-refractivity contribution in [2.45, 2.75) is 85.6 Å². The SMILES string of the molecule is C=C(C)[C@H]1[C@@H]2[I-][C@@H]2C[C@H]2[C@@H]3CC[C@@H]4C[C@](C)(O)CC[C@@H]4[C@H]3CC[C@@]21C. The number of allylic oxidation sites excluding steroid dienone is 1. The average Bonchev–Trinajstić information content (AvgIpc) is 3.28. The second kappa shape index (κ2) is 5.72. The summed E-state index contributed by atoms with van der Waals surface area (Å²) in [7, 11) is 0. The molecule has 1 nitrogen and oxygen atoms in total. The number of alkyl halides is 2. The molecule has 142 valence electrons. The van der Waals surface area contributed by atoms with Crippen LogP contribution in [0, 0.1) is 40.9 Å². The van der Waals surface area contributed by atoms with Crippen LogP contribution in [0.3, 0.4) is 0 Å². The van der Waals surface area contributed by atoms with Crippen LogP contribution >= 0.6 is 0 Å². The standard InChI is InChI=1S/C23H36IO/c1-13(2)20-21-19(24-21)11-18-17-6-5-14-12-22(3,25)9-7-15(14)16(17)8-10-23(18,20)4/h14-21,25H,1,5-12H2,2-4H3/q-1/t14-,15+,16-,17-,18+,19-,20+,21-,22-,23+/m1/s1. The van der Waals surface area contributed by atoms with E-state index in [2.05, 4.69) is 27.4 Å². The number of rotatable bonds is 1. The van der Waals surface area contributed by atoms with Crippen molar-refractivity contribution in [2.24, 2.45) is 40.9 Å². The van der Waals surface area contributed by atoms with Crippen LogP contribution in [0.1, 0.15) is 72.1 Å². The third kappa shape index (κ3) is 2.62. The Morgan fingerprint density at radius 2 is 1.80 bits per heavy atom. The molecule has 0 radical (unpaired) electrons. The number of halogens is 1. The Morgan fingerprint density at radius 1 is 1.04 bits per heavy atom. The van der Waals surface area contributed by atoms with Crippen LogP contribution in [0.4, 0.5) is 0 Å². The predicted molar refractivity (Wildman–Crippen MR) is 99.0 cm³/mol. The summed E-state index contributed by atoms with van der Waals surface area (Å²) in [4.78, 5) is 0. The van der Waals surface area contributed by atoms with Crippen LogP contribution in [-0.4, -0.2) is 18.6 Å². The topological polar surface area (TPSA) is 20.2 Å². The summed E-state index contributed by atoms with van der Waals surface area (Å²) in [5.74, 6) is 5.56. The summed E-state index contributed by atoms with van der Waals surface area (Å²) in [5, 5.41) is 10.6. The van der Waals surface area contributed by atoms with Gasteiger partial charge in [-0.1, -0.05) is 0 Å². The van der Waals surface area contributed by atoms with Gasteiger partial charge in [0, 0.05) is 0 Å². The van der Waals surface area contributed by atoms with Gasteiger partial charge < -0.3 is 0 Å². The zero-order chi connectivity index (χ0) is 17.6. The quantitative estimate of drug-likeness (QED) is 0.365. The Bertz CT molecular complexity index is 583. The van der Waals surface area contributed by atoms with E-state index in [0.717, 1.165) is 56.2 Å². The third-order valence-corrected chi connectivity index (χ3v) is 13.1. The van der Waals surface area contributed by atoms with Gasteiger partial charge in [0.25, 0.3) is 0 Å². The molecule has 5 aliphatic rings. The zero-order valence-corrected chi connectivity index (χ0v) is 18.5. The first-order valence-electron chi connectivity index (χ1n) is 10.8. The molecule has 0 spiro atoms. The molecular weight excluding hydrogens is 419 g/mol. The van der Waals surface area contributed by atoms with Crippen molar-refractivity contribution in [1.82, 2.24) is 0 Å². The molecule has 0 unspecified atom stereocenters. The molecular formula is C23H36IO-. The molecule has 5 fully saturated rings. The van der Waals surface area contributed by atoms with Crippen LogP contribution in [0.5, 0.6) is 0 Å². The van der Waals surface area contributed by atoms with E-state index in [-0.39, 0.29) is 5.60 Å². The Morgan fingerprint density at radius 3 is 2.56 bits per heavy atom. The van der Waals surface area contributed by atoms with Crippen molar-refractivity contribution in [2.75, 3.05) is 0 Å². The van der Waals surface area contributed by atoms with Gasteiger partial charge in [0.2, 0.25) is 0 Å². The second-order valence-corrected chi connectivity index (χ2v) is 14.6. The van der Waals surface area contributed by atoms with Crippen molar-refractivity contribution in [3.63, 3.8) is 0 Å². The van der Waals surface area contributed by atoms with E-state index in [1.54, 1.807) is 6.42 Å². The molecule has 1 aliphatic heterocycles. The number of hydrogen-bond acceptors (Lipinski definition) is 1. The van der Waals surface area contributed by atoms with Gasteiger partial charge >= 0.3 is 165 Å². The molecule has 0 amide bonds. The summed E-state index contributed by atoms with van der Waals surface area (Å²) < 4.78 is 2.23. The van der Waals surface area contributed by atoms with Gasteiger partial charge in [0.15, 0.2) is 0 Å². The minimum absolute atomic E-state index is 0.376. The first-order valence-corrected chi connectivity index (χ1v) is 13.3. The third-order valence-electron chi connectivity index (χ3n) is 9.30. The fourth-order valence-electron chi connectivity index (χ4n) is 8.31. The molecule has 5 rings (SSSR count). The summed E-state index contributed by atoms with van der Waals surface area (Å²) in [5.41, 5.74) is 1.70. The molecule has 10 atom stereocenters. The molecule has 0 bridgehead atoms. The van der Waals surface area contributed by atoms with Crippen LogP contribution in [0.15, 0.2) is 12.2 Å². The fourth-order valence-corrected chi connectivity index (χ4v) is 12.5. The van der Waals surface area contributed by atoms with E-state index in [4.69, 9.17) is 0 Å². The molecule has 4 aliphatic carbocycles. The van der Waals surface area contributed by atoms with Gasteiger partial charge in [-0.05, 0) is 0 Å². The normalized spacial score (nSPS) is 60.2. The molecule has 4 saturated carbocycles. The van der Waals surface area contributed by atoms with Crippen molar-refractivity contribution in [3.05, 3.63) is 12.2 Å². The Labute approximate surface area is 164 Å². The summed E-state index contributed by atoms with van der Waals surface area (Å²) in [6, 6.07) is 0. The molecule has 1 N–H and O–H groups in total. The van der Waals surface area contributed by atoms with Crippen LogP contribution in [0.25, 0.3) is 0 Å². The van der Waals surface area contributed by atoms with Gasteiger partial charge in [-0.15, -0.1) is 0 Å². The van der Waals surface area contributed by atoms with Gasteiger partial charge in [-0.25, -0.2) is 0 Å². The van der Waals surface area contributed by atoms with Crippen molar-refractivity contribution < 1.29 is 26.3 Å². The van der Waals surface area contributed by atoms with Crippen LogP contribution in [0.2, 0.25) is 0 Å². The predicted octanol–water partition coefficient (Wildman–Crippen LogP) is 2.03. The summed E-state index contributed by atoms with van der Waals surface area (Å²) >= 11 is 0.477. The van der Waals surface area contributed by atoms with E-state index < -0.39 is 0 Å². The monoisotopic (exact) mass is 455 g/mol. The van der Waals surface area contributed by atoms with E-state index >= 15 is 0 Å². The number of fused-ring (bicyclic) bond motifs is 6. The molecule has 1 heterocycles. The first-order chi connectivity index (χ1) is 11.8. The van der Waals surface area contributed by atoms with Gasteiger partial charge in [-0.3, -0.25) is 0 Å². The molecule has 2 heteroatoms. The summed E-state index contributed by atoms with van der Waals surface area (Å²) in [6.45, 7) is 11.6. The van der Waals surface area contributed by atoms with E-state index in [0.29, 0.717) is 26.6 Å². The molecule has 1 saturated heterocycles. The van der Waals surface area contributed by atoms with Crippen molar-refractivity contribution in [3.8, 4) is 0 Å². The van der Waals surface area contributed by atoms with Gasteiger partial charge in [0.1, 0.15) is 0 Å².